The van der Waals surface area contributed by atoms with E-state index in [9.17, 15) is 4.79 Å². The molecule has 0 unspecified atom stereocenters. The number of carbonyl (C=O) groups is 1. The first-order valence-electron chi connectivity index (χ1n) is 7.49. The third kappa shape index (κ3) is 2.92. The second kappa shape index (κ2) is 6.20. The first kappa shape index (κ1) is 15.2. The SMILES string of the molecule is C[C@H](C(=O)NCC1(c2ccc(Br)cc2)CCC1)n1cncn1. The maximum atomic E-state index is 12.3. The Labute approximate surface area is 138 Å². The Hall–Kier alpha value is -1.69. The fourth-order valence-electron chi connectivity index (χ4n) is 2.92. The summed E-state index contributed by atoms with van der Waals surface area (Å²) in [5, 5.41) is 7.11. The van der Waals surface area contributed by atoms with E-state index in [1.807, 2.05) is 6.92 Å². The first-order chi connectivity index (χ1) is 10.6. The zero-order chi connectivity index (χ0) is 15.6. The van der Waals surface area contributed by atoms with Gasteiger partial charge >= 0.3 is 0 Å². The van der Waals surface area contributed by atoms with Gasteiger partial charge in [-0.2, -0.15) is 5.10 Å². The van der Waals surface area contributed by atoms with Crippen molar-refractivity contribution in [3.05, 3.63) is 47.0 Å². The van der Waals surface area contributed by atoms with Crippen LogP contribution in [0.3, 0.4) is 0 Å². The second-order valence-electron chi connectivity index (χ2n) is 5.91. The summed E-state index contributed by atoms with van der Waals surface area (Å²) in [5.41, 5.74) is 1.38. The van der Waals surface area contributed by atoms with Crippen molar-refractivity contribution in [2.24, 2.45) is 0 Å². The third-order valence-corrected chi connectivity index (χ3v) is 5.11. The summed E-state index contributed by atoms with van der Waals surface area (Å²) in [4.78, 5) is 16.2. The van der Waals surface area contributed by atoms with Gasteiger partial charge in [-0.25, -0.2) is 9.67 Å². The fourth-order valence-corrected chi connectivity index (χ4v) is 3.18. The van der Waals surface area contributed by atoms with Gasteiger partial charge in [0.15, 0.2) is 0 Å². The third-order valence-electron chi connectivity index (χ3n) is 4.58. The second-order valence-corrected chi connectivity index (χ2v) is 6.83. The lowest BCUT2D eigenvalue weighted by atomic mass is 9.64. The molecule has 0 bridgehead atoms. The van der Waals surface area contributed by atoms with Crippen LogP contribution >= 0.6 is 15.9 Å². The molecule has 5 nitrogen and oxygen atoms in total. The minimum atomic E-state index is -0.343. The topological polar surface area (TPSA) is 59.8 Å². The number of benzene rings is 1. The van der Waals surface area contributed by atoms with Crippen LogP contribution in [0.25, 0.3) is 0 Å². The maximum Gasteiger partial charge on any atom is 0.244 e. The van der Waals surface area contributed by atoms with Crippen molar-refractivity contribution in [3.8, 4) is 0 Å². The average molecular weight is 363 g/mol. The van der Waals surface area contributed by atoms with Gasteiger partial charge in [0, 0.05) is 16.4 Å². The Balaban J connectivity index is 1.66. The summed E-state index contributed by atoms with van der Waals surface area (Å²) in [7, 11) is 0. The van der Waals surface area contributed by atoms with Crippen molar-refractivity contribution in [2.45, 2.75) is 37.6 Å². The van der Waals surface area contributed by atoms with Gasteiger partial charge in [-0.15, -0.1) is 0 Å². The molecule has 0 aliphatic heterocycles. The largest absolute Gasteiger partial charge is 0.353 e. The van der Waals surface area contributed by atoms with E-state index < -0.39 is 0 Å². The molecule has 1 saturated carbocycles. The summed E-state index contributed by atoms with van der Waals surface area (Å²) in [6.07, 6.45) is 6.46. The Kier molecular flexibility index (Phi) is 4.29. The average Bonchev–Trinajstić information content (AvgIpc) is 3.01. The van der Waals surface area contributed by atoms with Crippen LogP contribution < -0.4 is 5.32 Å². The molecule has 116 valence electrons. The lowest BCUT2D eigenvalue weighted by Crippen LogP contribution is -2.46. The van der Waals surface area contributed by atoms with Crippen LogP contribution in [-0.4, -0.2) is 27.2 Å². The highest BCUT2D eigenvalue weighted by Crippen LogP contribution is 2.43. The molecule has 6 heteroatoms. The molecule has 1 amide bonds. The molecule has 2 aromatic rings. The number of hydrogen-bond acceptors (Lipinski definition) is 3. The van der Waals surface area contributed by atoms with Gasteiger partial charge in [-0.05, 0) is 37.5 Å². The number of aromatic nitrogens is 3. The molecular weight excluding hydrogens is 344 g/mol. The molecule has 1 N–H and O–H groups in total. The van der Waals surface area contributed by atoms with E-state index >= 15 is 0 Å². The Morgan fingerprint density at radius 2 is 2.14 bits per heavy atom. The van der Waals surface area contributed by atoms with Crippen LogP contribution in [0, 0.1) is 0 Å². The van der Waals surface area contributed by atoms with Gasteiger partial charge in [0.2, 0.25) is 5.91 Å². The molecule has 0 radical (unpaired) electrons. The van der Waals surface area contributed by atoms with Crippen LogP contribution in [0.1, 0.15) is 37.8 Å². The standard InChI is InChI=1S/C16H19BrN4O/c1-12(21-11-18-10-20-21)15(22)19-9-16(7-2-8-16)13-3-5-14(17)6-4-13/h3-6,10-12H,2,7-9H2,1H3,(H,19,22)/t12-/m1/s1. The lowest BCUT2D eigenvalue weighted by Gasteiger charge is -2.42. The zero-order valence-corrected chi connectivity index (χ0v) is 14.1. The normalized spacial score (nSPS) is 17.5. The smallest absolute Gasteiger partial charge is 0.244 e. The summed E-state index contributed by atoms with van der Waals surface area (Å²) >= 11 is 3.47. The van der Waals surface area contributed by atoms with Gasteiger partial charge in [0.05, 0.1) is 0 Å². The van der Waals surface area contributed by atoms with Crippen molar-refractivity contribution in [2.75, 3.05) is 6.54 Å². The van der Waals surface area contributed by atoms with Crippen molar-refractivity contribution in [1.82, 2.24) is 20.1 Å². The molecule has 1 aliphatic carbocycles. The quantitative estimate of drug-likeness (QED) is 0.889. The lowest BCUT2D eigenvalue weighted by molar-refractivity contribution is -0.124. The predicted molar refractivity (Wildman–Crippen MR) is 87.4 cm³/mol. The number of carbonyl (C=O) groups excluding carboxylic acids is 1. The van der Waals surface area contributed by atoms with Gasteiger partial charge in [-0.1, -0.05) is 34.5 Å². The van der Waals surface area contributed by atoms with Crippen molar-refractivity contribution >= 4 is 21.8 Å². The van der Waals surface area contributed by atoms with Crippen LogP contribution in [0.5, 0.6) is 0 Å². The maximum absolute atomic E-state index is 12.3. The Morgan fingerprint density at radius 3 is 2.68 bits per heavy atom. The molecule has 0 saturated heterocycles. The zero-order valence-electron chi connectivity index (χ0n) is 12.5. The molecular formula is C16H19BrN4O. The number of nitrogens with zero attached hydrogens (tertiary/aromatic N) is 3. The van der Waals surface area contributed by atoms with Gasteiger partial charge in [0.25, 0.3) is 0 Å². The number of amides is 1. The number of rotatable bonds is 5. The highest BCUT2D eigenvalue weighted by Gasteiger charge is 2.39. The Morgan fingerprint density at radius 1 is 1.41 bits per heavy atom. The Bertz CT molecular complexity index is 635. The number of nitrogens with one attached hydrogen (secondary N) is 1. The molecule has 1 fully saturated rings. The summed E-state index contributed by atoms with van der Waals surface area (Å²) in [6, 6.07) is 8.08. The van der Waals surface area contributed by atoms with Crippen molar-refractivity contribution in [1.29, 1.82) is 0 Å². The van der Waals surface area contributed by atoms with Gasteiger partial charge in [-0.3, -0.25) is 4.79 Å². The minimum absolute atomic E-state index is 0.0195. The molecule has 3 rings (SSSR count). The van der Waals surface area contributed by atoms with E-state index in [2.05, 4.69) is 55.6 Å². The molecule has 1 atom stereocenters. The van der Waals surface area contributed by atoms with E-state index in [1.54, 1.807) is 11.0 Å². The fraction of sp³-hybridized carbons (Fsp3) is 0.438. The van der Waals surface area contributed by atoms with Crippen molar-refractivity contribution in [3.63, 3.8) is 0 Å². The van der Waals surface area contributed by atoms with E-state index in [1.165, 1.54) is 18.3 Å². The summed E-state index contributed by atoms with van der Waals surface area (Å²) < 4.78 is 2.65. The molecule has 1 aromatic carbocycles. The predicted octanol–water partition coefficient (Wildman–Crippen LogP) is 2.84. The van der Waals surface area contributed by atoms with E-state index in [4.69, 9.17) is 0 Å². The minimum Gasteiger partial charge on any atom is -0.353 e. The van der Waals surface area contributed by atoms with E-state index in [0.717, 1.165) is 17.3 Å². The summed E-state index contributed by atoms with van der Waals surface area (Å²) in [6.45, 7) is 2.50. The summed E-state index contributed by atoms with van der Waals surface area (Å²) in [5.74, 6) is -0.0195. The van der Waals surface area contributed by atoms with Crippen LogP contribution in [-0.2, 0) is 10.2 Å². The molecule has 1 aliphatic rings. The molecule has 0 spiro atoms. The molecule has 22 heavy (non-hydrogen) atoms. The highest BCUT2D eigenvalue weighted by atomic mass is 79.9. The van der Waals surface area contributed by atoms with Gasteiger partial charge in [0.1, 0.15) is 18.7 Å². The monoisotopic (exact) mass is 362 g/mol. The van der Waals surface area contributed by atoms with Crippen molar-refractivity contribution < 1.29 is 4.79 Å². The highest BCUT2D eigenvalue weighted by molar-refractivity contribution is 9.10. The van der Waals surface area contributed by atoms with E-state index in [0.29, 0.717) is 6.54 Å². The van der Waals surface area contributed by atoms with Gasteiger partial charge < -0.3 is 5.32 Å². The van der Waals surface area contributed by atoms with Crippen LogP contribution in [0.2, 0.25) is 0 Å². The number of hydrogen-bond donors (Lipinski definition) is 1. The van der Waals surface area contributed by atoms with Crippen LogP contribution in [0.15, 0.2) is 41.4 Å². The molecule has 1 aromatic heterocycles. The van der Waals surface area contributed by atoms with E-state index in [-0.39, 0.29) is 17.4 Å². The first-order valence-corrected chi connectivity index (χ1v) is 8.28. The van der Waals surface area contributed by atoms with Crippen LogP contribution in [0.4, 0.5) is 0 Å². The molecule has 1 heterocycles. The number of halogens is 1.